The lowest BCUT2D eigenvalue weighted by Gasteiger charge is -2.40. The third-order valence-corrected chi connectivity index (χ3v) is 3.95. The largest absolute Gasteiger partial charge is 0.311 e. The average Bonchev–Trinajstić information content (AvgIpc) is 2.46. The Kier molecular flexibility index (Phi) is 5.44. The summed E-state index contributed by atoms with van der Waals surface area (Å²) in [6, 6.07) is 11.9. The molecular formula is C17H24N2. The first kappa shape index (κ1) is 14.1. The first-order valence-corrected chi connectivity index (χ1v) is 7.28. The van der Waals surface area contributed by atoms with Gasteiger partial charge in [-0.15, -0.1) is 12.3 Å². The van der Waals surface area contributed by atoms with Crippen molar-refractivity contribution in [2.75, 3.05) is 19.6 Å². The number of benzene rings is 1. The van der Waals surface area contributed by atoms with Gasteiger partial charge in [0.25, 0.3) is 0 Å². The van der Waals surface area contributed by atoms with Crippen LogP contribution in [0.5, 0.6) is 0 Å². The van der Waals surface area contributed by atoms with E-state index in [9.17, 15) is 0 Å². The van der Waals surface area contributed by atoms with Gasteiger partial charge in [-0.3, -0.25) is 4.90 Å². The molecule has 19 heavy (non-hydrogen) atoms. The summed E-state index contributed by atoms with van der Waals surface area (Å²) in [6.45, 7) is 5.47. The van der Waals surface area contributed by atoms with E-state index >= 15 is 0 Å². The van der Waals surface area contributed by atoms with E-state index in [1.807, 2.05) is 0 Å². The lowest BCUT2D eigenvalue weighted by atomic mass is 10.0. The molecule has 0 bridgehead atoms. The minimum atomic E-state index is 0.544. The molecule has 1 aromatic carbocycles. The molecular weight excluding hydrogens is 232 g/mol. The zero-order valence-corrected chi connectivity index (χ0v) is 11.8. The Labute approximate surface area is 117 Å². The van der Waals surface area contributed by atoms with Gasteiger partial charge in [-0.2, -0.15) is 0 Å². The van der Waals surface area contributed by atoms with Gasteiger partial charge in [0.2, 0.25) is 0 Å². The second kappa shape index (κ2) is 7.33. The van der Waals surface area contributed by atoms with Gasteiger partial charge in [0, 0.05) is 38.1 Å². The predicted octanol–water partition coefficient (Wildman–Crippen LogP) is 2.30. The van der Waals surface area contributed by atoms with Gasteiger partial charge in [-0.25, -0.2) is 0 Å². The van der Waals surface area contributed by atoms with Crippen LogP contribution in [0.3, 0.4) is 0 Å². The van der Waals surface area contributed by atoms with Crippen LogP contribution in [0.25, 0.3) is 0 Å². The molecule has 1 aromatic rings. The number of nitrogens with zero attached hydrogens (tertiary/aromatic N) is 1. The van der Waals surface area contributed by atoms with E-state index in [0.29, 0.717) is 12.1 Å². The lowest BCUT2D eigenvalue weighted by molar-refractivity contribution is 0.129. The van der Waals surface area contributed by atoms with Crippen molar-refractivity contribution >= 4 is 0 Å². The molecule has 102 valence electrons. The highest BCUT2D eigenvalue weighted by molar-refractivity contribution is 5.16. The summed E-state index contributed by atoms with van der Waals surface area (Å²) in [5.41, 5.74) is 1.41. The quantitative estimate of drug-likeness (QED) is 0.813. The Bertz CT molecular complexity index is 407. The maximum atomic E-state index is 5.40. The zero-order chi connectivity index (χ0) is 13.5. The molecule has 1 aliphatic rings. The molecule has 1 N–H and O–H groups in total. The summed E-state index contributed by atoms with van der Waals surface area (Å²) in [5, 5.41) is 3.68. The number of hydrogen-bond donors (Lipinski definition) is 1. The van der Waals surface area contributed by atoms with Gasteiger partial charge in [0.05, 0.1) is 0 Å². The Hall–Kier alpha value is -1.30. The molecule has 0 saturated carbocycles. The number of piperazine rings is 1. The van der Waals surface area contributed by atoms with Crippen molar-refractivity contribution in [2.24, 2.45) is 0 Å². The molecule has 0 aromatic heterocycles. The van der Waals surface area contributed by atoms with Crippen LogP contribution in [0.4, 0.5) is 0 Å². The molecule has 2 atom stereocenters. The van der Waals surface area contributed by atoms with E-state index in [-0.39, 0.29) is 0 Å². The van der Waals surface area contributed by atoms with Gasteiger partial charge in [-0.05, 0) is 18.4 Å². The Morgan fingerprint density at radius 2 is 2.16 bits per heavy atom. The Morgan fingerprint density at radius 1 is 1.37 bits per heavy atom. The van der Waals surface area contributed by atoms with Gasteiger partial charge in [-0.1, -0.05) is 37.3 Å². The Balaban J connectivity index is 1.91. The van der Waals surface area contributed by atoms with E-state index in [0.717, 1.165) is 32.5 Å². The number of nitrogens with one attached hydrogen (secondary N) is 1. The fourth-order valence-corrected chi connectivity index (χ4v) is 2.85. The van der Waals surface area contributed by atoms with Crippen LogP contribution in [-0.2, 0) is 6.42 Å². The summed E-state index contributed by atoms with van der Waals surface area (Å²) in [5.74, 6) is 2.76. The van der Waals surface area contributed by atoms with E-state index in [2.05, 4.69) is 53.4 Å². The molecule has 2 rings (SSSR count). The van der Waals surface area contributed by atoms with Crippen LogP contribution in [-0.4, -0.2) is 36.6 Å². The first-order chi connectivity index (χ1) is 9.33. The highest BCUT2D eigenvalue weighted by atomic mass is 15.2. The molecule has 0 aliphatic carbocycles. The van der Waals surface area contributed by atoms with E-state index in [4.69, 9.17) is 6.42 Å². The molecule has 0 spiro atoms. The van der Waals surface area contributed by atoms with Crippen LogP contribution in [0, 0.1) is 12.3 Å². The monoisotopic (exact) mass is 256 g/mol. The maximum absolute atomic E-state index is 5.40. The van der Waals surface area contributed by atoms with E-state index < -0.39 is 0 Å². The third-order valence-electron chi connectivity index (χ3n) is 3.95. The van der Waals surface area contributed by atoms with Crippen LogP contribution < -0.4 is 5.32 Å². The van der Waals surface area contributed by atoms with Gasteiger partial charge < -0.3 is 5.32 Å². The number of hydrogen-bond acceptors (Lipinski definition) is 2. The molecule has 0 radical (unpaired) electrons. The maximum Gasteiger partial charge on any atom is 0.0236 e. The van der Waals surface area contributed by atoms with Crippen LogP contribution in [0.15, 0.2) is 30.3 Å². The fourth-order valence-electron chi connectivity index (χ4n) is 2.85. The summed E-state index contributed by atoms with van der Waals surface area (Å²) >= 11 is 0. The van der Waals surface area contributed by atoms with Crippen molar-refractivity contribution in [1.29, 1.82) is 0 Å². The van der Waals surface area contributed by atoms with Crippen molar-refractivity contribution in [3.63, 3.8) is 0 Å². The van der Waals surface area contributed by atoms with Gasteiger partial charge >= 0.3 is 0 Å². The average molecular weight is 256 g/mol. The molecule has 1 aliphatic heterocycles. The standard InChI is InChI=1S/C17H24N2/c1-3-5-11-19-14-16(18-13-17(19)4-2)12-15-9-7-6-8-10-15/h1,6-10,16-18H,4-5,11-14H2,2H3. The predicted molar refractivity (Wildman–Crippen MR) is 81.0 cm³/mol. The first-order valence-electron chi connectivity index (χ1n) is 7.28. The molecule has 1 fully saturated rings. The SMILES string of the molecule is C#CCCN1CC(Cc2ccccc2)NCC1CC. The smallest absolute Gasteiger partial charge is 0.0236 e. The van der Waals surface area contributed by atoms with Crippen LogP contribution in [0.1, 0.15) is 25.3 Å². The van der Waals surface area contributed by atoms with Gasteiger partial charge in [0.15, 0.2) is 0 Å². The highest BCUT2D eigenvalue weighted by Gasteiger charge is 2.25. The fraction of sp³-hybridized carbons (Fsp3) is 0.529. The van der Waals surface area contributed by atoms with Crippen molar-refractivity contribution in [1.82, 2.24) is 10.2 Å². The normalized spacial score (nSPS) is 24.0. The minimum Gasteiger partial charge on any atom is -0.311 e. The minimum absolute atomic E-state index is 0.544. The molecule has 1 saturated heterocycles. The summed E-state index contributed by atoms with van der Waals surface area (Å²) in [6.07, 6.45) is 8.55. The molecule has 0 amide bonds. The Morgan fingerprint density at radius 3 is 2.84 bits per heavy atom. The van der Waals surface area contributed by atoms with Crippen LogP contribution in [0.2, 0.25) is 0 Å². The number of rotatable bonds is 5. The lowest BCUT2D eigenvalue weighted by Crippen LogP contribution is -2.57. The molecule has 2 heteroatoms. The van der Waals surface area contributed by atoms with E-state index in [1.165, 1.54) is 12.0 Å². The third kappa shape index (κ3) is 4.09. The molecule has 2 nitrogen and oxygen atoms in total. The summed E-state index contributed by atoms with van der Waals surface area (Å²) in [7, 11) is 0. The zero-order valence-electron chi connectivity index (χ0n) is 11.8. The summed E-state index contributed by atoms with van der Waals surface area (Å²) in [4.78, 5) is 2.56. The van der Waals surface area contributed by atoms with Crippen molar-refractivity contribution in [3.8, 4) is 12.3 Å². The second-order valence-corrected chi connectivity index (χ2v) is 5.31. The topological polar surface area (TPSA) is 15.3 Å². The van der Waals surface area contributed by atoms with Crippen LogP contribution >= 0.6 is 0 Å². The van der Waals surface area contributed by atoms with Crippen molar-refractivity contribution < 1.29 is 0 Å². The summed E-state index contributed by atoms with van der Waals surface area (Å²) < 4.78 is 0. The highest BCUT2D eigenvalue weighted by Crippen LogP contribution is 2.14. The van der Waals surface area contributed by atoms with Crippen molar-refractivity contribution in [2.45, 2.75) is 38.3 Å². The molecule has 2 unspecified atom stereocenters. The molecule has 1 heterocycles. The number of terminal acetylenes is 1. The second-order valence-electron chi connectivity index (χ2n) is 5.31. The van der Waals surface area contributed by atoms with Crippen molar-refractivity contribution in [3.05, 3.63) is 35.9 Å². The van der Waals surface area contributed by atoms with E-state index in [1.54, 1.807) is 0 Å². The van der Waals surface area contributed by atoms with Gasteiger partial charge in [0.1, 0.15) is 0 Å².